The lowest BCUT2D eigenvalue weighted by molar-refractivity contribution is -0.880. The minimum absolute atomic E-state index is 0.146. The van der Waals surface area contributed by atoms with Gasteiger partial charge in [0.2, 0.25) is 0 Å². The Kier molecular flexibility index (Phi) is 4.97. The lowest BCUT2D eigenvalue weighted by atomic mass is 10.1. The number of rotatable bonds is 2. The molecule has 0 bridgehead atoms. The van der Waals surface area contributed by atoms with E-state index < -0.39 is 29.5 Å². The van der Waals surface area contributed by atoms with Gasteiger partial charge < -0.3 is 15.1 Å². The molecular weight excluding hydrogens is 340 g/mol. The van der Waals surface area contributed by atoms with Crippen LogP contribution in [0.25, 0.3) is 0 Å². The first-order chi connectivity index (χ1) is 11.0. The number of likely N-dealkylation sites (N-methyl/N-ethyl adjacent to an activating group) is 1. The van der Waals surface area contributed by atoms with Gasteiger partial charge in [-0.25, -0.2) is 0 Å². The molecule has 0 atom stereocenters. The highest BCUT2D eigenvalue weighted by Crippen LogP contribution is 2.36. The van der Waals surface area contributed by atoms with E-state index >= 15 is 0 Å². The highest BCUT2D eigenvalue weighted by Gasteiger charge is 2.40. The molecule has 24 heavy (non-hydrogen) atoms. The second kappa shape index (κ2) is 6.50. The first-order valence-corrected chi connectivity index (χ1v) is 7.14. The molecule has 134 valence electrons. The van der Waals surface area contributed by atoms with Crippen molar-refractivity contribution >= 4 is 17.3 Å². The Morgan fingerprint density at radius 2 is 1.71 bits per heavy atom. The van der Waals surface area contributed by atoms with E-state index in [2.05, 4.69) is 0 Å². The molecule has 10 heteroatoms. The fourth-order valence-corrected chi connectivity index (χ4v) is 2.41. The molecule has 1 aliphatic rings. The number of hydrogen-bond donors (Lipinski definition) is 2. The monoisotopic (exact) mass is 356 g/mol. The van der Waals surface area contributed by atoms with Crippen LogP contribution in [-0.2, 0) is 11.0 Å². The van der Waals surface area contributed by atoms with Crippen molar-refractivity contribution in [2.45, 2.75) is 12.4 Å². The van der Waals surface area contributed by atoms with Gasteiger partial charge in [-0.2, -0.15) is 26.3 Å². The molecule has 4 nitrogen and oxygen atoms in total. The number of alkyl halides is 6. The lowest BCUT2D eigenvalue weighted by Gasteiger charge is -2.33. The van der Waals surface area contributed by atoms with Crippen LogP contribution in [0.15, 0.2) is 18.2 Å². The van der Waals surface area contributed by atoms with Crippen molar-refractivity contribution in [3.63, 3.8) is 0 Å². The number of halogens is 6. The number of quaternary nitrogens is 1. The van der Waals surface area contributed by atoms with Gasteiger partial charge in [-0.05, 0) is 18.2 Å². The average Bonchev–Trinajstić information content (AvgIpc) is 2.46. The van der Waals surface area contributed by atoms with E-state index in [0.29, 0.717) is 32.2 Å². The minimum atomic E-state index is -5.18. The van der Waals surface area contributed by atoms with Crippen molar-refractivity contribution in [3.05, 3.63) is 23.8 Å². The summed E-state index contributed by atoms with van der Waals surface area (Å²) < 4.78 is 75.8. The van der Waals surface area contributed by atoms with E-state index in [-0.39, 0.29) is 5.69 Å². The molecule has 0 aromatic heterocycles. The lowest BCUT2D eigenvalue weighted by Crippen LogP contribution is -3.12. The number of carbonyl (C=O) groups excluding carboxylic acids is 1. The van der Waals surface area contributed by atoms with Crippen LogP contribution in [0, 0.1) is 0 Å². The SMILES string of the molecule is C[NH+]1CCN(c2ccc(C(F)(F)F)cc2NC(=O)C(F)(F)F)CC1. The molecule has 1 fully saturated rings. The predicted molar refractivity (Wildman–Crippen MR) is 75.0 cm³/mol. The molecular formula is C14H16F6N3O+. The van der Waals surface area contributed by atoms with Crippen molar-refractivity contribution in [2.75, 3.05) is 43.4 Å². The average molecular weight is 356 g/mol. The first kappa shape index (κ1) is 18.4. The zero-order chi connectivity index (χ0) is 18.1. The minimum Gasteiger partial charge on any atom is -0.359 e. The molecule has 0 aliphatic carbocycles. The second-order valence-corrected chi connectivity index (χ2v) is 5.63. The van der Waals surface area contributed by atoms with Crippen molar-refractivity contribution < 1.29 is 36.0 Å². The fourth-order valence-electron chi connectivity index (χ4n) is 2.41. The van der Waals surface area contributed by atoms with Crippen molar-refractivity contribution in [3.8, 4) is 0 Å². The Morgan fingerprint density at radius 1 is 1.12 bits per heavy atom. The Labute approximate surface area is 134 Å². The maximum Gasteiger partial charge on any atom is 0.471 e. The van der Waals surface area contributed by atoms with Crippen LogP contribution < -0.4 is 15.1 Å². The van der Waals surface area contributed by atoms with Gasteiger partial charge in [0.1, 0.15) is 0 Å². The molecule has 0 saturated carbocycles. The maximum atomic E-state index is 12.8. The van der Waals surface area contributed by atoms with Crippen LogP contribution in [0.4, 0.5) is 37.7 Å². The van der Waals surface area contributed by atoms with Gasteiger partial charge in [-0.3, -0.25) is 4.79 Å². The highest BCUT2D eigenvalue weighted by atomic mass is 19.4. The highest BCUT2D eigenvalue weighted by molar-refractivity contribution is 5.98. The van der Waals surface area contributed by atoms with Gasteiger partial charge in [0.15, 0.2) is 0 Å². The summed E-state index contributed by atoms with van der Waals surface area (Å²) in [6.45, 7) is 2.31. The summed E-state index contributed by atoms with van der Waals surface area (Å²) in [5.74, 6) is -2.30. The van der Waals surface area contributed by atoms with E-state index in [1.54, 1.807) is 10.2 Å². The number of piperazine rings is 1. The quantitative estimate of drug-likeness (QED) is 0.789. The Balaban J connectivity index is 2.36. The Hall–Kier alpha value is -1.97. The van der Waals surface area contributed by atoms with Gasteiger partial charge in [0, 0.05) is 0 Å². The van der Waals surface area contributed by atoms with Crippen LogP contribution in [0.1, 0.15) is 5.56 Å². The normalized spacial score (nSPS) is 17.0. The van der Waals surface area contributed by atoms with E-state index in [0.717, 1.165) is 12.1 Å². The van der Waals surface area contributed by atoms with Crippen LogP contribution >= 0.6 is 0 Å². The Bertz CT molecular complexity index is 606. The van der Waals surface area contributed by atoms with Crippen LogP contribution in [0.5, 0.6) is 0 Å². The van der Waals surface area contributed by atoms with E-state index in [9.17, 15) is 31.1 Å². The fraction of sp³-hybridized carbons (Fsp3) is 0.500. The zero-order valence-electron chi connectivity index (χ0n) is 12.7. The summed E-state index contributed by atoms with van der Waals surface area (Å²) in [6, 6.07) is 2.42. The Morgan fingerprint density at radius 3 is 2.21 bits per heavy atom. The molecule has 1 amide bonds. The largest absolute Gasteiger partial charge is 0.471 e. The van der Waals surface area contributed by atoms with Crippen LogP contribution in [-0.4, -0.2) is 45.3 Å². The molecule has 1 aliphatic heterocycles. The number of carbonyl (C=O) groups is 1. The number of nitrogens with zero attached hydrogens (tertiary/aromatic N) is 1. The molecule has 2 rings (SSSR count). The molecule has 1 aromatic rings. The summed E-state index contributed by atoms with van der Waals surface area (Å²) in [7, 11) is 1.94. The van der Waals surface area contributed by atoms with Crippen LogP contribution in [0.3, 0.4) is 0 Å². The third-order valence-electron chi connectivity index (χ3n) is 3.79. The van der Waals surface area contributed by atoms with Gasteiger partial charge >= 0.3 is 18.3 Å². The van der Waals surface area contributed by atoms with Crippen molar-refractivity contribution in [1.29, 1.82) is 0 Å². The summed E-state index contributed by atoms with van der Waals surface area (Å²) in [6.07, 6.45) is -9.90. The molecule has 1 aromatic carbocycles. The van der Waals surface area contributed by atoms with Crippen molar-refractivity contribution in [1.82, 2.24) is 0 Å². The standard InChI is InChI=1S/C14H15F6N3O/c1-22-4-6-23(7-5-22)11-3-2-9(13(15,16)17)8-10(11)21-12(24)14(18,19)20/h2-3,8H,4-7H2,1H3,(H,21,24)/p+1. The molecule has 1 saturated heterocycles. The maximum absolute atomic E-state index is 12.8. The van der Waals surface area contributed by atoms with Gasteiger partial charge in [0.25, 0.3) is 0 Å². The number of anilines is 2. The number of hydrogen-bond acceptors (Lipinski definition) is 2. The van der Waals surface area contributed by atoms with E-state index in [1.807, 2.05) is 7.05 Å². The van der Waals surface area contributed by atoms with Gasteiger partial charge in [-0.1, -0.05) is 0 Å². The molecule has 0 spiro atoms. The van der Waals surface area contributed by atoms with Crippen molar-refractivity contribution in [2.24, 2.45) is 0 Å². The topological polar surface area (TPSA) is 36.8 Å². The second-order valence-electron chi connectivity index (χ2n) is 5.63. The molecule has 0 unspecified atom stereocenters. The summed E-state index contributed by atoms with van der Waals surface area (Å²) in [5, 5.41) is 1.56. The molecule has 1 heterocycles. The summed E-state index contributed by atoms with van der Waals surface area (Å²) >= 11 is 0. The number of benzene rings is 1. The predicted octanol–water partition coefficient (Wildman–Crippen LogP) is 1.54. The number of nitrogens with one attached hydrogen (secondary N) is 2. The zero-order valence-corrected chi connectivity index (χ0v) is 12.7. The molecule has 0 radical (unpaired) electrons. The first-order valence-electron chi connectivity index (χ1n) is 7.14. The molecule has 2 N–H and O–H groups in total. The third-order valence-corrected chi connectivity index (χ3v) is 3.79. The summed E-state index contributed by atoms with van der Waals surface area (Å²) in [5.41, 5.74) is -1.47. The van der Waals surface area contributed by atoms with E-state index in [1.165, 1.54) is 4.90 Å². The van der Waals surface area contributed by atoms with E-state index in [4.69, 9.17) is 0 Å². The van der Waals surface area contributed by atoms with Gasteiger partial charge in [0.05, 0.1) is 50.2 Å². The smallest absolute Gasteiger partial charge is 0.359 e. The van der Waals surface area contributed by atoms with Crippen LogP contribution in [0.2, 0.25) is 0 Å². The third kappa shape index (κ3) is 4.31. The van der Waals surface area contributed by atoms with Gasteiger partial charge in [-0.15, -0.1) is 0 Å². The number of amides is 1. The summed E-state index contributed by atoms with van der Waals surface area (Å²) in [4.78, 5) is 14.0.